The normalized spacial score (nSPS) is 35.3. The summed E-state index contributed by atoms with van der Waals surface area (Å²) in [6.07, 6.45) is 3.83. The Morgan fingerprint density at radius 3 is 2.58 bits per heavy atom. The second-order valence-electron chi connectivity index (χ2n) is 6.68. The van der Waals surface area contributed by atoms with Crippen molar-refractivity contribution in [3.05, 3.63) is 35.9 Å². The van der Waals surface area contributed by atoms with E-state index in [4.69, 9.17) is 0 Å². The van der Waals surface area contributed by atoms with Crippen molar-refractivity contribution in [3.8, 4) is 0 Å². The van der Waals surface area contributed by atoms with Gasteiger partial charge in [0.05, 0.1) is 26.2 Å². The number of piperidine rings is 1. The van der Waals surface area contributed by atoms with Gasteiger partial charge in [0.1, 0.15) is 0 Å². The van der Waals surface area contributed by atoms with Gasteiger partial charge in [-0.1, -0.05) is 37.3 Å². The Kier molecular flexibility index (Phi) is 4.64. The summed E-state index contributed by atoms with van der Waals surface area (Å²) >= 11 is 0. The number of hydrogen-bond acceptors (Lipinski definition) is 0. The Morgan fingerprint density at radius 1 is 1.26 bits per heavy atom. The molecular weight excluding hydrogens is 232 g/mol. The van der Waals surface area contributed by atoms with Crippen LogP contribution in [0.25, 0.3) is 0 Å². The van der Waals surface area contributed by atoms with Crippen molar-refractivity contribution >= 4 is 0 Å². The molecule has 1 unspecified atom stereocenters. The number of likely N-dealkylation sites (tertiary alicyclic amines) is 1. The summed E-state index contributed by atoms with van der Waals surface area (Å²) < 4.78 is 0. The molecule has 0 aromatic heterocycles. The second kappa shape index (κ2) is 6.06. The third-order valence-electron chi connectivity index (χ3n) is 5.30. The smallest absolute Gasteiger partial charge is 0.0849 e. The van der Waals surface area contributed by atoms with Crippen molar-refractivity contribution in [1.29, 1.82) is 0 Å². The number of rotatable bonds is 4. The Labute approximate surface area is 118 Å². The fraction of sp³-hybridized carbons (Fsp3) is 0.647. The van der Waals surface area contributed by atoms with Crippen LogP contribution in [0.3, 0.4) is 0 Å². The van der Waals surface area contributed by atoms with Crippen molar-refractivity contribution < 1.29 is 10.6 Å². The largest absolute Gasteiger partial charge is 0.358 e. The van der Waals surface area contributed by atoms with Gasteiger partial charge >= 0.3 is 0 Å². The van der Waals surface area contributed by atoms with Crippen molar-refractivity contribution in [1.82, 2.24) is 0 Å². The highest BCUT2D eigenvalue weighted by Gasteiger charge is 2.44. The standard InChI is InChI=1S/C17H28N2/c1-14-13-19(3)15(2)11-17(14,9-10-18)12-16-7-5-4-6-8-16/h4-8,14-15H,9-13,18H2,1-3H3/p+2/t14-,15+,17+/m1/s1. The van der Waals surface area contributed by atoms with Crippen LogP contribution in [0, 0.1) is 11.3 Å². The van der Waals surface area contributed by atoms with Crippen LogP contribution in [-0.2, 0) is 6.42 Å². The summed E-state index contributed by atoms with van der Waals surface area (Å²) in [5.41, 5.74) is 6.09. The summed E-state index contributed by atoms with van der Waals surface area (Å²) in [5, 5.41) is 0. The maximum atomic E-state index is 4.14. The van der Waals surface area contributed by atoms with Crippen LogP contribution in [0.5, 0.6) is 0 Å². The lowest BCUT2D eigenvalue weighted by atomic mass is 9.64. The molecule has 0 spiro atoms. The van der Waals surface area contributed by atoms with E-state index in [1.165, 1.54) is 31.4 Å². The van der Waals surface area contributed by atoms with Crippen molar-refractivity contribution in [2.45, 2.75) is 39.2 Å². The Morgan fingerprint density at radius 2 is 1.95 bits per heavy atom. The predicted molar refractivity (Wildman–Crippen MR) is 79.9 cm³/mol. The maximum Gasteiger partial charge on any atom is 0.0849 e. The summed E-state index contributed by atoms with van der Waals surface area (Å²) in [6, 6.07) is 11.8. The third kappa shape index (κ3) is 3.18. The van der Waals surface area contributed by atoms with Gasteiger partial charge in [-0.3, -0.25) is 0 Å². The summed E-state index contributed by atoms with van der Waals surface area (Å²) in [5.74, 6) is 0.783. The lowest BCUT2D eigenvalue weighted by molar-refractivity contribution is -0.916. The minimum atomic E-state index is 0.460. The van der Waals surface area contributed by atoms with E-state index in [-0.39, 0.29) is 0 Å². The summed E-state index contributed by atoms with van der Waals surface area (Å²) in [4.78, 5) is 1.69. The molecule has 4 atom stereocenters. The molecule has 2 rings (SSSR count). The van der Waals surface area contributed by atoms with Gasteiger partial charge in [0.15, 0.2) is 0 Å². The molecule has 0 bridgehead atoms. The lowest BCUT2D eigenvalue weighted by Gasteiger charge is -2.46. The number of nitrogens with one attached hydrogen (secondary N) is 1. The highest BCUT2D eigenvalue weighted by atomic mass is 15.1. The molecule has 0 saturated carbocycles. The molecule has 1 aliphatic rings. The molecule has 1 saturated heterocycles. The molecule has 1 aromatic rings. The van der Waals surface area contributed by atoms with Crippen LogP contribution < -0.4 is 10.6 Å². The Hall–Kier alpha value is -0.860. The molecule has 0 radical (unpaired) electrons. The van der Waals surface area contributed by atoms with E-state index in [0.717, 1.165) is 18.5 Å². The van der Waals surface area contributed by atoms with Crippen LogP contribution >= 0.6 is 0 Å². The average molecular weight is 262 g/mol. The lowest BCUT2D eigenvalue weighted by Crippen LogP contribution is -3.15. The molecule has 0 aliphatic carbocycles. The first-order valence-electron chi connectivity index (χ1n) is 7.73. The average Bonchev–Trinajstić information content (AvgIpc) is 2.38. The van der Waals surface area contributed by atoms with Gasteiger partial charge in [0, 0.05) is 18.8 Å². The van der Waals surface area contributed by atoms with E-state index in [9.17, 15) is 0 Å². The highest BCUT2D eigenvalue weighted by Crippen LogP contribution is 2.40. The van der Waals surface area contributed by atoms with E-state index in [0.29, 0.717) is 5.41 Å². The Balaban J connectivity index is 2.21. The molecule has 4 N–H and O–H groups in total. The molecule has 1 heterocycles. The van der Waals surface area contributed by atoms with Crippen LogP contribution in [-0.4, -0.2) is 26.2 Å². The SMILES string of the molecule is C[C@@H]1C[NH+](C)[C@@H](C)C[C@@]1(CC[NH3+])Cc1ccccc1. The van der Waals surface area contributed by atoms with E-state index >= 15 is 0 Å². The van der Waals surface area contributed by atoms with Crippen LogP contribution in [0.15, 0.2) is 30.3 Å². The van der Waals surface area contributed by atoms with Gasteiger partial charge in [0.25, 0.3) is 0 Å². The van der Waals surface area contributed by atoms with Crippen molar-refractivity contribution in [2.75, 3.05) is 20.1 Å². The van der Waals surface area contributed by atoms with E-state index < -0.39 is 0 Å². The van der Waals surface area contributed by atoms with Crippen LogP contribution in [0.4, 0.5) is 0 Å². The monoisotopic (exact) mass is 262 g/mol. The molecule has 2 nitrogen and oxygen atoms in total. The first-order valence-corrected chi connectivity index (χ1v) is 7.73. The first kappa shape index (κ1) is 14.5. The zero-order valence-electron chi connectivity index (χ0n) is 12.8. The maximum absolute atomic E-state index is 4.14. The zero-order chi connectivity index (χ0) is 13.9. The van der Waals surface area contributed by atoms with Gasteiger partial charge in [0.2, 0.25) is 0 Å². The van der Waals surface area contributed by atoms with Gasteiger partial charge in [-0.25, -0.2) is 0 Å². The van der Waals surface area contributed by atoms with E-state index in [1.807, 2.05) is 0 Å². The molecular formula is C17H30N2+2. The van der Waals surface area contributed by atoms with Crippen molar-refractivity contribution in [3.63, 3.8) is 0 Å². The molecule has 1 aromatic carbocycles. The minimum Gasteiger partial charge on any atom is -0.358 e. The van der Waals surface area contributed by atoms with Crippen LogP contribution in [0.1, 0.15) is 32.3 Å². The fourth-order valence-corrected chi connectivity index (χ4v) is 3.92. The number of benzene rings is 1. The number of hydrogen-bond donors (Lipinski definition) is 2. The van der Waals surface area contributed by atoms with Gasteiger partial charge in [-0.2, -0.15) is 0 Å². The zero-order valence-corrected chi connectivity index (χ0v) is 12.8. The van der Waals surface area contributed by atoms with E-state index in [1.54, 1.807) is 4.90 Å². The van der Waals surface area contributed by atoms with Crippen LogP contribution in [0.2, 0.25) is 0 Å². The Bertz CT molecular complexity index is 390. The fourth-order valence-electron chi connectivity index (χ4n) is 3.92. The summed E-state index contributed by atoms with van der Waals surface area (Å²) in [7, 11) is 2.35. The minimum absolute atomic E-state index is 0.460. The second-order valence-corrected chi connectivity index (χ2v) is 6.68. The topological polar surface area (TPSA) is 32.1 Å². The molecule has 106 valence electrons. The van der Waals surface area contributed by atoms with Gasteiger partial charge in [-0.05, 0) is 24.3 Å². The van der Waals surface area contributed by atoms with E-state index in [2.05, 4.69) is 57.0 Å². The molecule has 1 fully saturated rings. The predicted octanol–water partition coefficient (Wildman–Crippen LogP) is 0.791. The number of quaternary nitrogens is 2. The van der Waals surface area contributed by atoms with Gasteiger partial charge in [-0.15, -0.1) is 0 Å². The molecule has 2 heteroatoms. The molecule has 0 amide bonds. The molecule has 1 aliphatic heterocycles. The first-order chi connectivity index (χ1) is 9.07. The van der Waals surface area contributed by atoms with Crippen molar-refractivity contribution in [2.24, 2.45) is 11.3 Å². The molecule has 19 heavy (non-hydrogen) atoms. The third-order valence-corrected chi connectivity index (χ3v) is 5.30. The highest BCUT2D eigenvalue weighted by molar-refractivity contribution is 5.17. The van der Waals surface area contributed by atoms with Gasteiger partial charge < -0.3 is 10.6 Å². The summed E-state index contributed by atoms with van der Waals surface area (Å²) in [6.45, 7) is 7.22. The quantitative estimate of drug-likeness (QED) is 0.804.